The van der Waals surface area contributed by atoms with Crippen LogP contribution in [-0.4, -0.2) is 52.4 Å². The molecule has 0 fully saturated rings. The number of ether oxygens (including phenoxy) is 2. The maximum Gasteiger partial charge on any atom is 0.341 e. The molecule has 2 rings (SSSR count). The summed E-state index contributed by atoms with van der Waals surface area (Å²) >= 11 is 0. The van der Waals surface area contributed by atoms with Crippen molar-refractivity contribution in [1.29, 1.82) is 0 Å². The van der Waals surface area contributed by atoms with E-state index < -0.39 is 21.8 Å². The molecule has 168 valence electrons. The van der Waals surface area contributed by atoms with Crippen molar-refractivity contribution in [2.45, 2.75) is 24.3 Å². The number of sulfonamides is 1. The van der Waals surface area contributed by atoms with E-state index in [-0.39, 0.29) is 35.9 Å². The van der Waals surface area contributed by atoms with Gasteiger partial charge in [-0.25, -0.2) is 21.9 Å². The van der Waals surface area contributed by atoms with Gasteiger partial charge in [0, 0.05) is 26.6 Å². The first-order valence-corrected chi connectivity index (χ1v) is 10.9. The summed E-state index contributed by atoms with van der Waals surface area (Å²) in [6.07, 6.45) is 0.419. The van der Waals surface area contributed by atoms with Crippen molar-refractivity contribution in [1.82, 2.24) is 9.62 Å². The quantitative estimate of drug-likeness (QED) is 0.555. The fraction of sp³-hybridized carbons (Fsp3) is 0.333. The fourth-order valence-corrected chi connectivity index (χ4v) is 4.00. The number of carbonyl (C=O) groups excluding carboxylic acids is 2. The highest BCUT2D eigenvalue weighted by molar-refractivity contribution is 7.89. The maximum atomic E-state index is 13.0. The zero-order valence-corrected chi connectivity index (χ0v) is 18.4. The third-order valence-electron chi connectivity index (χ3n) is 4.56. The second-order valence-electron chi connectivity index (χ2n) is 6.69. The molecule has 8 nitrogen and oxygen atoms in total. The van der Waals surface area contributed by atoms with Crippen LogP contribution in [0.4, 0.5) is 4.39 Å². The molecule has 10 heteroatoms. The molecular formula is C21H25FN2O6S. The number of nitrogens with one attached hydrogen (secondary N) is 1. The number of amides is 1. The molecular weight excluding hydrogens is 427 g/mol. The molecule has 0 radical (unpaired) electrons. The van der Waals surface area contributed by atoms with Gasteiger partial charge in [-0.1, -0.05) is 6.07 Å². The zero-order chi connectivity index (χ0) is 23.0. The summed E-state index contributed by atoms with van der Waals surface area (Å²) in [4.78, 5) is 23.9. The van der Waals surface area contributed by atoms with Crippen LogP contribution in [0.5, 0.6) is 5.75 Å². The Hall–Kier alpha value is -2.98. The predicted octanol–water partition coefficient (Wildman–Crippen LogP) is 2.34. The van der Waals surface area contributed by atoms with Crippen LogP contribution in [0.25, 0.3) is 0 Å². The van der Waals surface area contributed by atoms with E-state index in [4.69, 9.17) is 9.47 Å². The van der Waals surface area contributed by atoms with Gasteiger partial charge in [0.25, 0.3) is 0 Å². The number of benzene rings is 2. The monoisotopic (exact) mass is 452 g/mol. The Balaban J connectivity index is 1.86. The first-order valence-electron chi connectivity index (χ1n) is 9.43. The number of carbonyl (C=O) groups is 2. The maximum absolute atomic E-state index is 13.0. The van der Waals surface area contributed by atoms with Gasteiger partial charge in [0.05, 0.1) is 19.1 Å². The molecule has 1 N–H and O–H groups in total. The van der Waals surface area contributed by atoms with Crippen molar-refractivity contribution in [3.05, 3.63) is 59.4 Å². The highest BCUT2D eigenvalue weighted by Crippen LogP contribution is 2.21. The van der Waals surface area contributed by atoms with Crippen LogP contribution in [0.15, 0.2) is 47.4 Å². The van der Waals surface area contributed by atoms with Gasteiger partial charge >= 0.3 is 5.97 Å². The normalized spacial score (nSPS) is 11.3. The molecule has 0 aliphatic rings. The Bertz CT molecular complexity index is 1020. The van der Waals surface area contributed by atoms with Crippen LogP contribution in [0.3, 0.4) is 0 Å². The van der Waals surface area contributed by atoms with E-state index in [2.05, 4.69) is 5.32 Å². The molecule has 0 unspecified atom stereocenters. The highest BCUT2D eigenvalue weighted by Gasteiger charge is 2.20. The average molecular weight is 453 g/mol. The fourth-order valence-electron chi connectivity index (χ4n) is 2.79. The van der Waals surface area contributed by atoms with Crippen LogP contribution in [0.1, 0.15) is 28.8 Å². The third-order valence-corrected chi connectivity index (χ3v) is 6.43. The molecule has 0 spiro atoms. The van der Waals surface area contributed by atoms with E-state index in [1.54, 1.807) is 18.2 Å². The number of hydrogen-bond donors (Lipinski definition) is 1. The van der Waals surface area contributed by atoms with Gasteiger partial charge in [-0.05, 0) is 48.4 Å². The largest absolute Gasteiger partial charge is 0.496 e. The van der Waals surface area contributed by atoms with E-state index in [0.717, 1.165) is 16.4 Å². The molecule has 2 aromatic carbocycles. The second-order valence-corrected chi connectivity index (χ2v) is 8.73. The minimum atomic E-state index is -3.75. The predicted molar refractivity (Wildman–Crippen MR) is 112 cm³/mol. The number of nitrogens with zero attached hydrogens (tertiary/aromatic N) is 1. The topological polar surface area (TPSA) is 102 Å². The molecule has 31 heavy (non-hydrogen) atoms. The first kappa shape index (κ1) is 24.3. The lowest BCUT2D eigenvalue weighted by atomic mass is 10.1. The van der Waals surface area contributed by atoms with Gasteiger partial charge in [-0.15, -0.1) is 0 Å². The van der Waals surface area contributed by atoms with Crippen LogP contribution < -0.4 is 10.1 Å². The summed E-state index contributed by atoms with van der Waals surface area (Å²) in [7, 11) is 0.362. The summed E-state index contributed by atoms with van der Waals surface area (Å²) in [5.41, 5.74) is 0.940. The molecule has 0 saturated heterocycles. The van der Waals surface area contributed by atoms with Gasteiger partial charge < -0.3 is 14.8 Å². The first-order chi connectivity index (χ1) is 14.7. The Morgan fingerprint density at radius 2 is 1.77 bits per heavy atom. The Morgan fingerprint density at radius 1 is 1.10 bits per heavy atom. The third kappa shape index (κ3) is 6.50. The van der Waals surface area contributed by atoms with Gasteiger partial charge in [0.1, 0.15) is 17.1 Å². The Labute approximate surface area is 181 Å². The van der Waals surface area contributed by atoms with Gasteiger partial charge in [0.15, 0.2) is 0 Å². The molecule has 0 aliphatic heterocycles. The average Bonchev–Trinajstić information content (AvgIpc) is 2.77. The van der Waals surface area contributed by atoms with Crippen molar-refractivity contribution >= 4 is 21.9 Å². The molecule has 0 aliphatic carbocycles. The zero-order valence-electron chi connectivity index (χ0n) is 17.6. The number of esters is 1. The smallest absolute Gasteiger partial charge is 0.341 e. The van der Waals surface area contributed by atoms with Crippen molar-refractivity contribution < 1.29 is 31.9 Å². The van der Waals surface area contributed by atoms with Crippen LogP contribution in [0, 0.1) is 5.82 Å². The molecule has 0 heterocycles. The molecule has 2 aromatic rings. The van der Waals surface area contributed by atoms with E-state index in [1.165, 1.54) is 33.4 Å². The van der Waals surface area contributed by atoms with Gasteiger partial charge in [-0.2, -0.15) is 0 Å². The van der Waals surface area contributed by atoms with E-state index in [0.29, 0.717) is 17.7 Å². The minimum absolute atomic E-state index is 0.0123. The molecule has 1 amide bonds. The molecule has 0 aromatic heterocycles. The summed E-state index contributed by atoms with van der Waals surface area (Å²) in [6.45, 7) is 0.318. The standard InChI is InChI=1S/C21H25FN2O6S/c1-24(31(27,28)17-9-7-16(22)8-10-17)12-4-5-20(25)23-14-15-6-11-19(29-2)18(13-15)21(26)30-3/h6-11,13H,4-5,12,14H2,1-3H3,(H,23,25). The minimum Gasteiger partial charge on any atom is -0.496 e. The van der Waals surface area contributed by atoms with Crippen LogP contribution in [-0.2, 0) is 26.1 Å². The Morgan fingerprint density at radius 3 is 2.39 bits per heavy atom. The lowest BCUT2D eigenvalue weighted by Gasteiger charge is -2.17. The van der Waals surface area contributed by atoms with E-state index >= 15 is 0 Å². The molecule has 0 atom stereocenters. The van der Waals surface area contributed by atoms with Crippen molar-refractivity contribution in [3.63, 3.8) is 0 Å². The van der Waals surface area contributed by atoms with Gasteiger partial charge in [0.2, 0.25) is 15.9 Å². The number of rotatable bonds is 10. The summed E-state index contributed by atoms with van der Waals surface area (Å²) < 4.78 is 48.9. The highest BCUT2D eigenvalue weighted by atomic mass is 32.2. The summed E-state index contributed by atoms with van der Waals surface area (Å²) in [5.74, 6) is -0.959. The molecule has 0 bridgehead atoms. The second kappa shape index (κ2) is 10.9. The van der Waals surface area contributed by atoms with Gasteiger partial charge in [-0.3, -0.25) is 4.79 Å². The van der Waals surface area contributed by atoms with Crippen molar-refractivity contribution in [2.24, 2.45) is 0 Å². The number of hydrogen-bond acceptors (Lipinski definition) is 6. The van der Waals surface area contributed by atoms with Crippen molar-refractivity contribution in [3.8, 4) is 5.75 Å². The SMILES string of the molecule is COC(=O)c1cc(CNC(=O)CCCN(C)S(=O)(=O)c2ccc(F)cc2)ccc1OC. The number of halogens is 1. The number of methoxy groups -OCH3 is 2. The van der Waals surface area contributed by atoms with Crippen LogP contribution >= 0.6 is 0 Å². The molecule has 0 saturated carbocycles. The van der Waals surface area contributed by atoms with Crippen LogP contribution in [0.2, 0.25) is 0 Å². The summed E-state index contributed by atoms with van der Waals surface area (Å²) in [5, 5.41) is 2.73. The van der Waals surface area contributed by atoms with E-state index in [9.17, 15) is 22.4 Å². The Kier molecular flexibility index (Phi) is 8.52. The lowest BCUT2D eigenvalue weighted by molar-refractivity contribution is -0.121. The van der Waals surface area contributed by atoms with E-state index in [1.807, 2.05) is 0 Å². The van der Waals surface area contributed by atoms with Crippen molar-refractivity contribution in [2.75, 3.05) is 27.8 Å². The summed E-state index contributed by atoms with van der Waals surface area (Å²) in [6, 6.07) is 9.47. The lowest BCUT2D eigenvalue weighted by Crippen LogP contribution is -2.29.